The molecule has 15 heavy (non-hydrogen) atoms. The van der Waals surface area contributed by atoms with Gasteiger partial charge in [0.05, 0.1) is 11.8 Å². The van der Waals surface area contributed by atoms with Crippen molar-refractivity contribution in [2.24, 2.45) is 17.3 Å². The zero-order valence-corrected chi connectivity index (χ0v) is 8.18. The maximum Gasteiger partial charge on any atom is 0.391 e. The van der Waals surface area contributed by atoms with Crippen molar-refractivity contribution in [2.75, 3.05) is 0 Å². The van der Waals surface area contributed by atoms with Crippen molar-refractivity contribution in [1.29, 1.82) is 0 Å². The summed E-state index contributed by atoms with van der Waals surface area (Å²) in [5.41, 5.74) is -0.284. The monoisotopic (exact) mass is 222 g/mol. The van der Waals surface area contributed by atoms with E-state index in [2.05, 4.69) is 0 Å². The van der Waals surface area contributed by atoms with Crippen LogP contribution < -0.4 is 0 Å². The number of aliphatic carboxylic acids is 1. The third kappa shape index (κ3) is 1.84. The molecule has 2 rings (SSSR count). The fraction of sp³-hybridized carbons (Fsp3) is 0.900. The molecule has 2 aliphatic carbocycles. The van der Waals surface area contributed by atoms with Crippen LogP contribution in [0.5, 0.6) is 0 Å². The van der Waals surface area contributed by atoms with Gasteiger partial charge < -0.3 is 5.11 Å². The molecule has 86 valence electrons. The van der Waals surface area contributed by atoms with Gasteiger partial charge in [-0.15, -0.1) is 0 Å². The highest BCUT2D eigenvalue weighted by atomic mass is 19.4. The molecule has 0 saturated heterocycles. The minimum Gasteiger partial charge on any atom is -0.481 e. The molecule has 0 aromatic rings. The molecule has 2 nitrogen and oxygen atoms in total. The maximum absolute atomic E-state index is 12.4. The lowest BCUT2D eigenvalue weighted by atomic mass is 9.78. The summed E-state index contributed by atoms with van der Waals surface area (Å²) >= 11 is 0. The summed E-state index contributed by atoms with van der Waals surface area (Å²) in [4.78, 5) is 10.7. The Hall–Kier alpha value is -0.740. The first-order valence-corrected chi connectivity index (χ1v) is 5.15. The molecular weight excluding hydrogens is 209 g/mol. The second-order valence-corrected chi connectivity index (χ2v) is 4.77. The highest BCUT2D eigenvalue weighted by molar-refractivity contribution is 5.74. The molecule has 0 aromatic carbocycles. The van der Waals surface area contributed by atoms with E-state index in [1.54, 1.807) is 0 Å². The fourth-order valence-electron chi connectivity index (χ4n) is 2.77. The van der Waals surface area contributed by atoms with Crippen LogP contribution in [-0.4, -0.2) is 17.3 Å². The third-order valence-corrected chi connectivity index (χ3v) is 3.93. The second kappa shape index (κ2) is 3.12. The average Bonchev–Trinajstić information content (AvgIpc) is 2.79. The summed E-state index contributed by atoms with van der Waals surface area (Å²) in [7, 11) is 0. The number of carboxylic acids is 1. The van der Waals surface area contributed by atoms with Crippen molar-refractivity contribution in [3.63, 3.8) is 0 Å². The van der Waals surface area contributed by atoms with Gasteiger partial charge in [0, 0.05) is 0 Å². The summed E-state index contributed by atoms with van der Waals surface area (Å²) in [6, 6.07) is 0. The van der Waals surface area contributed by atoms with Gasteiger partial charge in [0.25, 0.3) is 0 Å². The van der Waals surface area contributed by atoms with Gasteiger partial charge in [-0.3, -0.25) is 4.79 Å². The van der Waals surface area contributed by atoms with Crippen LogP contribution in [0.25, 0.3) is 0 Å². The van der Waals surface area contributed by atoms with Crippen LogP contribution in [0.3, 0.4) is 0 Å². The number of alkyl halides is 3. The van der Waals surface area contributed by atoms with E-state index in [1.807, 2.05) is 0 Å². The smallest absolute Gasteiger partial charge is 0.391 e. The van der Waals surface area contributed by atoms with Gasteiger partial charge in [0.15, 0.2) is 0 Å². The molecule has 2 fully saturated rings. The molecule has 1 atom stereocenters. The summed E-state index contributed by atoms with van der Waals surface area (Å²) in [5.74, 6) is -2.44. The number of carbonyl (C=O) groups is 1. The molecule has 0 amide bonds. The van der Waals surface area contributed by atoms with Crippen LogP contribution in [0.1, 0.15) is 32.1 Å². The van der Waals surface area contributed by atoms with Crippen LogP contribution in [0.4, 0.5) is 13.2 Å². The molecule has 0 aliphatic heterocycles. The normalized spacial score (nSPS) is 40.5. The van der Waals surface area contributed by atoms with Crippen LogP contribution in [0, 0.1) is 17.3 Å². The van der Waals surface area contributed by atoms with Crippen molar-refractivity contribution >= 4 is 5.97 Å². The minimum atomic E-state index is -4.10. The van der Waals surface area contributed by atoms with Gasteiger partial charge in [0.1, 0.15) is 0 Å². The topological polar surface area (TPSA) is 37.3 Å². The summed E-state index contributed by atoms with van der Waals surface area (Å²) in [6.07, 6.45) is -2.47. The minimum absolute atomic E-state index is 0.104. The zero-order chi connectivity index (χ0) is 11.3. The number of rotatable bonds is 1. The molecule has 0 heterocycles. The van der Waals surface area contributed by atoms with E-state index in [1.165, 1.54) is 0 Å². The van der Waals surface area contributed by atoms with E-state index in [0.717, 1.165) is 0 Å². The lowest BCUT2D eigenvalue weighted by Gasteiger charge is -2.30. The Morgan fingerprint density at radius 3 is 2.13 bits per heavy atom. The zero-order valence-electron chi connectivity index (χ0n) is 8.18. The average molecular weight is 222 g/mol. The van der Waals surface area contributed by atoms with Crippen molar-refractivity contribution in [3.8, 4) is 0 Å². The first kappa shape index (κ1) is 10.8. The molecule has 1 spiro atoms. The van der Waals surface area contributed by atoms with E-state index < -0.39 is 18.1 Å². The lowest BCUT2D eigenvalue weighted by molar-refractivity contribution is -0.185. The van der Waals surface area contributed by atoms with Crippen molar-refractivity contribution < 1.29 is 23.1 Å². The Bertz CT molecular complexity index is 277. The van der Waals surface area contributed by atoms with Gasteiger partial charge in [-0.05, 0) is 37.5 Å². The van der Waals surface area contributed by atoms with E-state index >= 15 is 0 Å². The molecular formula is C10H13F3O2. The Morgan fingerprint density at radius 1 is 1.27 bits per heavy atom. The maximum atomic E-state index is 12.4. The Labute approximate surface area is 85.5 Å². The predicted octanol–water partition coefficient (Wildman–Crippen LogP) is 2.83. The lowest BCUT2D eigenvalue weighted by Crippen LogP contribution is -2.29. The number of hydrogen-bond acceptors (Lipinski definition) is 1. The van der Waals surface area contributed by atoms with E-state index in [9.17, 15) is 18.0 Å². The number of carboxylic acid groups (broad SMARTS) is 1. The van der Waals surface area contributed by atoms with Crippen LogP contribution in [0.15, 0.2) is 0 Å². The standard InChI is InChI=1S/C10H13F3O2/c11-10(12,13)6-1-3-9(4-2-6)5-7(9)8(14)15/h6-7H,1-5H2,(H,14,15). The van der Waals surface area contributed by atoms with Gasteiger partial charge in [-0.2, -0.15) is 13.2 Å². The van der Waals surface area contributed by atoms with Crippen molar-refractivity contribution in [3.05, 3.63) is 0 Å². The van der Waals surface area contributed by atoms with Crippen LogP contribution in [-0.2, 0) is 4.79 Å². The van der Waals surface area contributed by atoms with Crippen LogP contribution >= 0.6 is 0 Å². The fourth-order valence-corrected chi connectivity index (χ4v) is 2.77. The molecule has 0 radical (unpaired) electrons. The summed E-state index contributed by atoms with van der Waals surface area (Å²) < 4.78 is 37.1. The Kier molecular flexibility index (Phi) is 2.24. The van der Waals surface area contributed by atoms with E-state index in [0.29, 0.717) is 19.3 Å². The molecule has 2 aliphatic rings. The van der Waals surface area contributed by atoms with Crippen molar-refractivity contribution in [1.82, 2.24) is 0 Å². The predicted molar refractivity (Wildman–Crippen MR) is 46.2 cm³/mol. The largest absolute Gasteiger partial charge is 0.481 e. The Balaban J connectivity index is 1.92. The molecule has 0 bridgehead atoms. The summed E-state index contributed by atoms with van der Waals surface area (Å²) in [5, 5.41) is 8.77. The molecule has 0 aromatic heterocycles. The first-order chi connectivity index (χ1) is 6.85. The molecule has 5 heteroatoms. The number of hydrogen-bond donors (Lipinski definition) is 1. The van der Waals surface area contributed by atoms with Gasteiger partial charge in [0.2, 0.25) is 0 Å². The van der Waals surface area contributed by atoms with Crippen LogP contribution in [0.2, 0.25) is 0 Å². The Morgan fingerprint density at radius 2 is 1.80 bits per heavy atom. The third-order valence-electron chi connectivity index (χ3n) is 3.93. The van der Waals surface area contributed by atoms with Gasteiger partial charge in [-0.25, -0.2) is 0 Å². The van der Waals surface area contributed by atoms with Gasteiger partial charge >= 0.3 is 12.1 Å². The second-order valence-electron chi connectivity index (χ2n) is 4.77. The van der Waals surface area contributed by atoms with Crippen molar-refractivity contribution in [2.45, 2.75) is 38.3 Å². The highest BCUT2D eigenvalue weighted by Crippen LogP contribution is 2.63. The summed E-state index contributed by atoms with van der Waals surface area (Å²) in [6.45, 7) is 0. The first-order valence-electron chi connectivity index (χ1n) is 5.15. The number of halogens is 3. The molecule has 1 unspecified atom stereocenters. The quantitative estimate of drug-likeness (QED) is 0.740. The highest BCUT2D eigenvalue weighted by Gasteiger charge is 2.60. The SMILES string of the molecule is O=C(O)C1CC12CCC(C(F)(F)F)CC2. The van der Waals surface area contributed by atoms with E-state index in [-0.39, 0.29) is 24.2 Å². The van der Waals surface area contributed by atoms with Gasteiger partial charge in [-0.1, -0.05) is 0 Å². The van der Waals surface area contributed by atoms with E-state index in [4.69, 9.17) is 5.11 Å². The molecule has 2 saturated carbocycles. The molecule has 1 N–H and O–H groups in total.